The van der Waals surface area contributed by atoms with Crippen LogP contribution in [0, 0.1) is 0 Å². The lowest BCUT2D eigenvalue weighted by atomic mass is 9.86. The number of aryl methyl sites for hydroxylation is 1. The lowest BCUT2D eigenvalue weighted by Gasteiger charge is -2.38. The molecule has 2 aromatic rings. The highest BCUT2D eigenvalue weighted by Crippen LogP contribution is 2.31. The van der Waals surface area contributed by atoms with E-state index in [0.29, 0.717) is 5.92 Å². The maximum atomic E-state index is 6.40. The van der Waals surface area contributed by atoms with Gasteiger partial charge in [-0.25, -0.2) is 0 Å². The molecule has 2 atom stereocenters. The molecule has 1 heterocycles. The molecule has 0 radical (unpaired) electrons. The largest absolute Gasteiger partial charge is 0.369 e. The molecule has 0 saturated carbocycles. The van der Waals surface area contributed by atoms with Crippen LogP contribution in [0.15, 0.2) is 48.5 Å². The highest BCUT2D eigenvalue weighted by molar-refractivity contribution is 5.50. The first-order chi connectivity index (χ1) is 11.9. The SMILES string of the molecule is CCc1ccc(C2CC(N)CN(c3ccc(C(C)(C)C)cc3)C2)cc1. The van der Waals surface area contributed by atoms with Gasteiger partial charge in [-0.1, -0.05) is 64.1 Å². The second-order valence-corrected chi connectivity index (χ2v) is 8.49. The molecule has 0 spiro atoms. The summed E-state index contributed by atoms with van der Waals surface area (Å²) in [6.45, 7) is 11.0. The Kier molecular flexibility index (Phi) is 5.19. The quantitative estimate of drug-likeness (QED) is 0.866. The van der Waals surface area contributed by atoms with Crippen molar-refractivity contribution < 1.29 is 0 Å². The van der Waals surface area contributed by atoms with Crippen LogP contribution in [0.3, 0.4) is 0 Å². The summed E-state index contributed by atoms with van der Waals surface area (Å²) in [5.41, 5.74) is 12.1. The van der Waals surface area contributed by atoms with Crippen molar-refractivity contribution in [3.63, 3.8) is 0 Å². The third kappa shape index (κ3) is 4.24. The molecule has 2 heteroatoms. The van der Waals surface area contributed by atoms with Crippen molar-refractivity contribution in [2.24, 2.45) is 5.73 Å². The average Bonchev–Trinajstić information content (AvgIpc) is 2.60. The van der Waals surface area contributed by atoms with E-state index in [1.807, 2.05) is 0 Å². The van der Waals surface area contributed by atoms with E-state index in [4.69, 9.17) is 5.73 Å². The van der Waals surface area contributed by atoms with Crippen LogP contribution in [0.1, 0.15) is 56.7 Å². The molecule has 2 aromatic carbocycles. The van der Waals surface area contributed by atoms with Gasteiger partial charge in [0.15, 0.2) is 0 Å². The summed E-state index contributed by atoms with van der Waals surface area (Å²) in [6, 6.07) is 18.4. The fourth-order valence-corrected chi connectivity index (χ4v) is 3.79. The van der Waals surface area contributed by atoms with Crippen LogP contribution >= 0.6 is 0 Å². The Morgan fingerprint density at radius 3 is 2.16 bits per heavy atom. The Bertz CT molecular complexity index is 680. The highest BCUT2D eigenvalue weighted by atomic mass is 15.2. The lowest BCUT2D eigenvalue weighted by molar-refractivity contribution is 0.454. The third-order valence-electron chi connectivity index (χ3n) is 5.44. The number of rotatable bonds is 3. The van der Waals surface area contributed by atoms with Crippen molar-refractivity contribution in [3.8, 4) is 0 Å². The van der Waals surface area contributed by atoms with Gasteiger partial charge in [-0.15, -0.1) is 0 Å². The number of nitrogens with two attached hydrogens (primary N) is 1. The summed E-state index contributed by atoms with van der Waals surface area (Å²) < 4.78 is 0. The second-order valence-electron chi connectivity index (χ2n) is 8.49. The van der Waals surface area contributed by atoms with E-state index in [-0.39, 0.29) is 11.5 Å². The second kappa shape index (κ2) is 7.21. The number of hydrogen-bond acceptors (Lipinski definition) is 2. The molecule has 0 amide bonds. The molecule has 0 aliphatic carbocycles. The van der Waals surface area contributed by atoms with Crippen molar-refractivity contribution in [2.75, 3.05) is 18.0 Å². The van der Waals surface area contributed by atoms with Gasteiger partial charge in [-0.2, -0.15) is 0 Å². The molecule has 1 aliphatic heterocycles. The van der Waals surface area contributed by atoms with Crippen LogP contribution in [-0.4, -0.2) is 19.1 Å². The van der Waals surface area contributed by atoms with E-state index in [0.717, 1.165) is 25.9 Å². The maximum absolute atomic E-state index is 6.40. The first kappa shape index (κ1) is 18.0. The van der Waals surface area contributed by atoms with Crippen LogP contribution < -0.4 is 10.6 Å². The molecular weight excluding hydrogens is 304 g/mol. The summed E-state index contributed by atoms with van der Waals surface area (Å²) in [6.07, 6.45) is 2.17. The summed E-state index contributed by atoms with van der Waals surface area (Å²) in [7, 11) is 0. The van der Waals surface area contributed by atoms with Crippen LogP contribution in [0.4, 0.5) is 5.69 Å². The molecule has 2 N–H and O–H groups in total. The minimum Gasteiger partial charge on any atom is -0.369 e. The summed E-state index contributed by atoms with van der Waals surface area (Å²) in [4.78, 5) is 2.46. The van der Waals surface area contributed by atoms with Crippen LogP contribution in [0.2, 0.25) is 0 Å². The molecular formula is C23H32N2. The maximum Gasteiger partial charge on any atom is 0.0367 e. The fourth-order valence-electron chi connectivity index (χ4n) is 3.79. The first-order valence-corrected chi connectivity index (χ1v) is 9.56. The van der Waals surface area contributed by atoms with Crippen LogP contribution in [0.5, 0.6) is 0 Å². The van der Waals surface area contributed by atoms with Gasteiger partial charge in [0, 0.05) is 30.7 Å². The van der Waals surface area contributed by atoms with Gasteiger partial charge in [0.2, 0.25) is 0 Å². The summed E-state index contributed by atoms with van der Waals surface area (Å²) in [5, 5.41) is 0. The Hall–Kier alpha value is -1.80. The molecule has 0 aromatic heterocycles. The normalized spacial score (nSPS) is 21.4. The topological polar surface area (TPSA) is 29.3 Å². The molecule has 1 fully saturated rings. The predicted octanol–water partition coefficient (Wildman–Crippen LogP) is 4.87. The van der Waals surface area contributed by atoms with E-state index in [9.17, 15) is 0 Å². The summed E-state index contributed by atoms with van der Waals surface area (Å²) in [5.74, 6) is 0.511. The van der Waals surface area contributed by atoms with E-state index in [1.165, 1.54) is 22.4 Å². The van der Waals surface area contributed by atoms with Gasteiger partial charge in [0.25, 0.3) is 0 Å². The van der Waals surface area contributed by atoms with E-state index < -0.39 is 0 Å². The summed E-state index contributed by atoms with van der Waals surface area (Å²) >= 11 is 0. The zero-order valence-corrected chi connectivity index (χ0v) is 16.1. The molecule has 2 unspecified atom stereocenters. The molecule has 1 saturated heterocycles. The fraction of sp³-hybridized carbons (Fsp3) is 0.478. The van der Waals surface area contributed by atoms with Gasteiger partial charge in [0.1, 0.15) is 0 Å². The van der Waals surface area contributed by atoms with E-state index in [1.54, 1.807) is 0 Å². The van der Waals surface area contributed by atoms with Gasteiger partial charge >= 0.3 is 0 Å². The molecule has 0 bridgehead atoms. The van der Waals surface area contributed by atoms with Gasteiger partial charge < -0.3 is 10.6 Å². The number of benzene rings is 2. The molecule has 3 rings (SSSR count). The zero-order chi connectivity index (χ0) is 18.0. The van der Waals surface area contributed by atoms with Crippen molar-refractivity contribution in [3.05, 3.63) is 65.2 Å². The van der Waals surface area contributed by atoms with E-state index >= 15 is 0 Å². The number of piperidine rings is 1. The number of hydrogen-bond donors (Lipinski definition) is 1. The third-order valence-corrected chi connectivity index (χ3v) is 5.44. The van der Waals surface area contributed by atoms with Gasteiger partial charge in [-0.3, -0.25) is 0 Å². The lowest BCUT2D eigenvalue weighted by Crippen LogP contribution is -2.46. The standard InChI is InChI=1S/C23H32N2/c1-5-17-6-8-18(9-7-17)19-14-21(24)16-25(15-19)22-12-10-20(11-13-22)23(2,3)4/h6-13,19,21H,5,14-16,24H2,1-4H3. The van der Waals surface area contributed by atoms with E-state index in [2.05, 4.69) is 81.1 Å². The highest BCUT2D eigenvalue weighted by Gasteiger charge is 2.26. The molecule has 134 valence electrons. The Balaban J connectivity index is 1.78. The first-order valence-electron chi connectivity index (χ1n) is 9.56. The average molecular weight is 337 g/mol. The predicted molar refractivity (Wildman–Crippen MR) is 109 cm³/mol. The number of anilines is 1. The van der Waals surface area contributed by atoms with Crippen LogP contribution in [0.25, 0.3) is 0 Å². The van der Waals surface area contributed by atoms with Gasteiger partial charge in [-0.05, 0) is 47.1 Å². The van der Waals surface area contributed by atoms with Crippen molar-refractivity contribution in [1.29, 1.82) is 0 Å². The van der Waals surface area contributed by atoms with Gasteiger partial charge in [0.05, 0.1) is 0 Å². The molecule has 1 aliphatic rings. The molecule has 25 heavy (non-hydrogen) atoms. The van der Waals surface area contributed by atoms with Crippen LogP contribution in [-0.2, 0) is 11.8 Å². The van der Waals surface area contributed by atoms with Crippen molar-refractivity contribution in [1.82, 2.24) is 0 Å². The molecule has 2 nitrogen and oxygen atoms in total. The van der Waals surface area contributed by atoms with Crippen molar-refractivity contribution >= 4 is 5.69 Å². The Morgan fingerprint density at radius 1 is 0.960 bits per heavy atom. The Morgan fingerprint density at radius 2 is 1.60 bits per heavy atom. The Labute approximate surface area is 153 Å². The minimum absolute atomic E-state index is 0.195. The number of nitrogens with zero attached hydrogens (tertiary/aromatic N) is 1. The zero-order valence-electron chi connectivity index (χ0n) is 16.1. The van der Waals surface area contributed by atoms with Crippen molar-refractivity contribution in [2.45, 2.75) is 57.9 Å². The monoisotopic (exact) mass is 336 g/mol. The smallest absolute Gasteiger partial charge is 0.0367 e. The minimum atomic E-state index is 0.195.